The topological polar surface area (TPSA) is 49.4 Å². The Labute approximate surface area is 127 Å². The van der Waals surface area contributed by atoms with Gasteiger partial charge in [-0.1, -0.05) is 6.42 Å². The Kier molecular flexibility index (Phi) is 5.83. The lowest BCUT2D eigenvalue weighted by atomic mass is 10.1. The fourth-order valence-corrected chi connectivity index (χ4v) is 5.68. The maximum Gasteiger partial charge on any atom is 0.251 e. The van der Waals surface area contributed by atoms with E-state index >= 15 is 0 Å². The molecule has 0 aromatic carbocycles. The molecule has 7 heteroatoms. The Morgan fingerprint density at radius 2 is 2.05 bits per heavy atom. The van der Waals surface area contributed by atoms with Crippen LogP contribution in [0.1, 0.15) is 25.7 Å². The molecule has 1 N–H and O–H groups in total. The zero-order valence-corrected chi connectivity index (χ0v) is 14.0. The highest BCUT2D eigenvalue weighted by Crippen LogP contribution is 2.27. The van der Waals surface area contributed by atoms with Gasteiger partial charge in [-0.05, 0) is 66.3 Å². The monoisotopic (exact) mass is 366 g/mol. The summed E-state index contributed by atoms with van der Waals surface area (Å²) in [5.41, 5.74) is 0. The van der Waals surface area contributed by atoms with Crippen LogP contribution in [0.25, 0.3) is 0 Å². The van der Waals surface area contributed by atoms with Gasteiger partial charge in [0.15, 0.2) is 0 Å². The number of sulfonamides is 1. The molecule has 0 radical (unpaired) electrons. The largest absolute Gasteiger partial charge is 0.303 e. The van der Waals surface area contributed by atoms with Crippen LogP contribution in [0.5, 0.6) is 0 Å². The molecule has 1 saturated heterocycles. The van der Waals surface area contributed by atoms with E-state index in [4.69, 9.17) is 0 Å². The Hall–Kier alpha value is 0.0500. The standard InChI is InChI=1S/C12H19BrN2O2S2/c13-11-5-10-18-12(11)19(16,17)14-6-4-9-15-7-2-1-3-8-15/h5,10,14H,1-4,6-9H2. The number of nitrogens with zero attached hydrogens (tertiary/aromatic N) is 1. The number of thiophene rings is 1. The van der Waals surface area contributed by atoms with Crippen molar-refractivity contribution in [3.63, 3.8) is 0 Å². The molecule has 108 valence electrons. The van der Waals surface area contributed by atoms with Crippen molar-refractivity contribution in [2.24, 2.45) is 0 Å². The van der Waals surface area contributed by atoms with Crippen molar-refractivity contribution in [1.82, 2.24) is 9.62 Å². The van der Waals surface area contributed by atoms with Crippen LogP contribution >= 0.6 is 27.3 Å². The first kappa shape index (κ1) is 15.4. The number of hydrogen-bond donors (Lipinski definition) is 1. The third-order valence-electron chi connectivity index (χ3n) is 3.22. The first-order valence-corrected chi connectivity index (χ1v) is 9.70. The van der Waals surface area contributed by atoms with Crippen LogP contribution in [0.3, 0.4) is 0 Å². The summed E-state index contributed by atoms with van der Waals surface area (Å²) in [6, 6.07) is 1.76. The van der Waals surface area contributed by atoms with Crippen LogP contribution in [-0.2, 0) is 10.0 Å². The average molecular weight is 367 g/mol. The number of likely N-dealkylation sites (tertiary alicyclic amines) is 1. The van der Waals surface area contributed by atoms with Crippen LogP contribution < -0.4 is 4.72 Å². The average Bonchev–Trinajstić information content (AvgIpc) is 2.83. The molecule has 0 bridgehead atoms. The van der Waals surface area contributed by atoms with Crippen molar-refractivity contribution in [3.05, 3.63) is 15.9 Å². The summed E-state index contributed by atoms with van der Waals surface area (Å²) in [6.07, 6.45) is 4.74. The van der Waals surface area contributed by atoms with Crippen LogP contribution in [0.2, 0.25) is 0 Å². The molecule has 0 amide bonds. The molecular weight excluding hydrogens is 348 g/mol. The van der Waals surface area contributed by atoms with Gasteiger partial charge in [-0.15, -0.1) is 11.3 Å². The van der Waals surface area contributed by atoms with E-state index < -0.39 is 10.0 Å². The third kappa shape index (κ3) is 4.53. The molecule has 2 rings (SSSR count). The number of hydrogen-bond acceptors (Lipinski definition) is 4. The van der Waals surface area contributed by atoms with Gasteiger partial charge in [0, 0.05) is 11.0 Å². The Balaban J connectivity index is 1.74. The van der Waals surface area contributed by atoms with E-state index in [0.717, 1.165) is 26.1 Å². The zero-order chi connectivity index (χ0) is 13.7. The second kappa shape index (κ2) is 7.17. The van der Waals surface area contributed by atoms with Gasteiger partial charge in [0.25, 0.3) is 10.0 Å². The molecule has 0 atom stereocenters. The quantitative estimate of drug-likeness (QED) is 0.787. The summed E-state index contributed by atoms with van der Waals surface area (Å²) < 4.78 is 27.7. The van der Waals surface area contributed by atoms with Gasteiger partial charge < -0.3 is 4.90 Å². The fraction of sp³-hybridized carbons (Fsp3) is 0.667. The highest BCUT2D eigenvalue weighted by Gasteiger charge is 2.18. The smallest absolute Gasteiger partial charge is 0.251 e. The number of nitrogens with one attached hydrogen (secondary N) is 1. The molecule has 2 heterocycles. The number of rotatable bonds is 6. The van der Waals surface area contributed by atoms with Crippen molar-refractivity contribution in [3.8, 4) is 0 Å². The van der Waals surface area contributed by atoms with Gasteiger partial charge >= 0.3 is 0 Å². The maximum atomic E-state index is 12.0. The van der Waals surface area contributed by atoms with Crippen LogP contribution in [0, 0.1) is 0 Å². The van der Waals surface area contributed by atoms with Gasteiger partial charge in [-0.2, -0.15) is 0 Å². The maximum absolute atomic E-state index is 12.0. The van der Waals surface area contributed by atoms with E-state index in [0.29, 0.717) is 15.2 Å². The summed E-state index contributed by atoms with van der Waals surface area (Å²) in [5, 5.41) is 1.77. The molecule has 1 fully saturated rings. The third-order valence-corrected chi connectivity index (χ3v) is 7.35. The van der Waals surface area contributed by atoms with E-state index in [1.165, 1.54) is 30.6 Å². The van der Waals surface area contributed by atoms with Gasteiger partial charge in [0.2, 0.25) is 0 Å². The summed E-state index contributed by atoms with van der Waals surface area (Å²) >= 11 is 4.49. The van der Waals surface area contributed by atoms with Crippen LogP contribution in [0.15, 0.2) is 20.1 Å². The lowest BCUT2D eigenvalue weighted by Gasteiger charge is -2.26. The van der Waals surface area contributed by atoms with E-state index in [-0.39, 0.29) is 0 Å². The number of piperidine rings is 1. The number of halogens is 1. The molecule has 0 unspecified atom stereocenters. The van der Waals surface area contributed by atoms with Crippen molar-refractivity contribution in [1.29, 1.82) is 0 Å². The first-order chi connectivity index (χ1) is 9.09. The molecule has 1 aliphatic heterocycles. The SMILES string of the molecule is O=S(=O)(NCCCN1CCCCC1)c1sccc1Br. The predicted molar refractivity (Wildman–Crippen MR) is 82.1 cm³/mol. The van der Waals surface area contributed by atoms with Crippen molar-refractivity contribution in [2.75, 3.05) is 26.2 Å². The van der Waals surface area contributed by atoms with E-state index in [1.54, 1.807) is 11.4 Å². The highest BCUT2D eigenvalue weighted by molar-refractivity contribution is 9.10. The Morgan fingerprint density at radius 1 is 1.32 bits per heavy atom. The van der Waals surface area contributed by atoms with E-state index in [1.807, 2.05) is 0 Å². The molecule has 0 saturated carbocycles. The minimum absolute atomic E-state index is 0.366. The molecule has 1 aromatic rings. The second-order valence-corrected chi connectivity index (χ2v) is 8.44. The van der Waals surface area contributed by atoms with Crippen LogP contribution in [-0.4, -0.2) is 39.5 Å². The summed E-state index contributed by atoms with van der Waals surface area (Å²) in [7, 11) is -3.35. The lowest BCUT2D eigenvalue weighted by molar-refractivity contribution is 0.227. The van der Waals surface area contributed by atoms with Crippen molar-refractivity contribution in [2.45, 2.75) is 29.9 Å². The van der Waals surface area contributed by atoms with Gasteiger partial charge in [0.1, 0.15) is 4.21 Å². The molecular formula is C12H19BrN2O2S2. The summed E-state index contributed by atoms with van der Waals surface area (Å²) in [6.45, 7) is 3.80. The predicted octanol–water partition coefficient (Wildman–Crippen LogP) is 2.66. The fourth-order valence-electron chi connectivity index (χ4n) is 2.23. The van der Waals surface area contributed by atoms with E-state index in [9.17, 15) is 8.42 Å². The zero-order valence-electron chi connectivity index (χ0n) is 10.8. The van der Waals surface area contributed by atoms with Crippen molar-refractivity contribution >= 4 is 37.3 Å². The lowest BCUT2D eigenvalue weighted by Crippen LogP contribution is -2.33. The van der Waals surface area contributed by atoms with Gasteiger partial charge in [-0.25, -0.2) is 13.1 Å². The Morgan fingerprint density at radius 3 is 2.68 bits per heavy atom. The molecule has 0 spiro atoms. The normalized spacial score (nSPS) is 17.7. The highest BCUT2D eigenvalue weighted by atomic mass is 79.9. The second-order valence-electron chi connectivity index (χ2n) is 4.71. The molecule has 4 nitrogen and oxygen atoms in total. The van der Waals surface area contributed by atoms with Crippen LogP contribution in [0.4, 0.5) is 0 Å². The minimum atomic E-state index is -3.35. The minimum Gasteiger partial charge on any atom is -0.303 e. The molecule has 1 aromatic heterocycles. The molecule has 19 heavy (non-hydrogen) atoms. The first-order valence-electron chi connectivity index (χ1n) is 6.54. The van der Waals surface area contributed by atoms with Gasteiger partial charge in [0.05, 0.1) is 0 Å². The molecule has 0 aliphatic carbocycles. The Bertz CT molecular complexity index is 496. The van der Waals surface area contributed by atoms with Crippen molar-refractivity contribution < 1.29 is 8.42 Å². The molecule has 1 aliphatic rings. The summed E-state index contributed by atoms with van der Waals surface area (Å²) in [5.74, 6) is 0. The van der Waals surface area contributed by atoms with Gasteiger partial charge in [-0.3, -0.25) is 0 Å². The van der Waals surface area contributed by atoms with E-state index in [2.05, 4.69) is 25.6 Å². The summed E-state index contributed by atoms with van der Waals surface area (Å²) in [4.78, 5) is 2.42.